The molecule has 0 aliphatic carbocycles. The van der Waals surface area contributed by atoms with Crippen LogP contribution in [0.4, 0.5) is 16.0 Å². The summed E-state index contributed by atoms with van der Waals surface area (Å²) in [5, 5.41) is 2.47. The molecule has 0 saturated carbocycles. The average Bonchev–Trinajstić information content (AvgIpc) is 3.03. The maximum absolute atomic E-state index is 14.2. The lowest BCUT2D eigenvalue weighted by Gasteiger charge is -2.09. The molecule has 0 atom stereocenters. The normalized spacial score (nSPS) is 10.9. The second-order valence-corrected chi connectivity index (χ2v) is 6.26. The number of halogens is 2. The number of aromatic nitrogens is 4. The van der Waals surface area contributed by atoms with E-state index < -0.39 is 17.7 Å². The third-order valence-corrected chi connectivity index (χ3v) is 4.44. The molecule has 5 N–H and O–H groups in total. The number of nitrogens with two attached hydrogens (primary N) is 2. The van der Waals surface area contributed by atoms with Crippen LogP contribution in [0.25, 0.3) is 11.0 Å². The van der Waals surface area contributed by atoms with E-state index in [1.54, 1.807) is 4.57 Å². The van der Waals surface area contributed by atoms with Gasteiger partial charge in [0.15, 0.2) is 22.5 Å². The standard InChI is InChI=1S/C17H17ClFN7O3/c1-3-26-10-4-7(17(28)29-2)8(19)5-9(10)23-11(26)6-22-16(27)12-14(20)25-15(21)13(18)24-12/h4-5H,3,6H2,1-2H3,(H,22,27)(H4,20,21,25). The quantitative estimate of drug-likeness (QED) is 0.524. The van der Waals surface area contributed by atoms with E-state index in [0.717, 1.165) is 6.07 Å². The number of hydrogen-bond acceptors (Lipinski definition) is 8. The first-order chi connectivity index (χ1) is 13.8. The van der Waals surface area contributed by atoms with Crippen molar-refractivity contribution in [1.29, 1.82) is 0 Å². The molecule has 0 radical (unpaired) electrons. The fraction of sp³-hybridized carbons (Fsp3) is 0.235. The van der Waals surface area contributed by atoms with Crippen LogP contribution in [0, 0.1) is 5.82 Å². The number of carbonyl (C=O) groups is 2. The smallest absolute Gasteiger partial charge is 0.340 e. The lowest BCUT2D eigenvalue weighted by Crippen LogP contribution is -2.27. The number of nitrogens with zero attached hydrogens (tertiary/aromatic N) is 4. The Morgan fingerprint density at radius 3 is 2.62 bits per heavy atom. The molecule has 0 aliphatic heterocycles. The Morgan fingerprint density at radius 2 is 1.97 bits per heavy atom. The van der Waals surface area contributed by atoms with Gasteiger partial charge in [0.25, 0.3) is 5.91 Å². The number of ether oxygens (including phenoxy) is 1. The molecule has 12 heteroatoms. The van der Waals surface area contributed by atoms with Crippen molar-refractivity contribution in [3.05, 3.63) is 40.2 Å². The largest absolute Gasteiger partial charge is 0.465 e. The minimum atomic E-state index is -0.794. The Labute approximate surface area is 169 Å². The Kier molecular flexibility index (Phi) is 5.50. The third kappa shape index (κ3) is 3.76. The number of aryl methyl sites for hydroxylation is 1. The molecule has 3 aromatic rings. The molecule has 152 valence electrons. The zero-order valence-corrected chi connectivity index (χ0v) is 16.2. The summed E-state index contributed by atoms with van der Waals surface area (Å²) in [5.41, 5.74) is 11.6. The van der Waals surface area contributed by atoms with Gasteiger partial charge in [-0.05, 0) is 13.0 Å². The molecule has 0 saturated heterocycles. The molecule has 0 fully saturated rings. The number of carbonyl (C=O) groups excluding carboxylic acids is 2. The number of nitrogens with one attached hydrogen (secondary N) is 1. The Hall–Kier alpha value is -3.47. The number of fused-ring (bicyclic) bond motifs is 1. The van der Waals surface area contributed by atoms with Crippen molar-refractivity contribution in [2.24, 2.45) is 0 Å². The van der Waals surface area contributed by atoms with Gasteiger partial charge >= 0.3 is 5.97 Å². The van der Waals surface area contributed by atoms with Gasteiger partial charge in [-0.15, -0.1) is 0 Å². The average molecular weight is 422 g/mol. The Bertz CT molecular complexity index is 1130. The van der Waals surface area contributed by atoms with E-state index in [0.29, 0.717) is 23.4 Å². The number of hydrogen-bond donors (Lipinski definition) is 3. The van der Waals surface area contributed by atoms with Crippen molar-refractivity contribution >= 4 is 46.1 Å². The summed E-state index contributed by atoms with van der Waals surface area (Å²) in [4.78, 5) is 36.1. The van der Waals surface area contributed by atoms with Crippen LogP contribution in [0.15, 0.2) is 12.1 Å². The SMILES string of the molecule is CCn1c(CNC(=O)c2nc(Cl)c(N)nc2N)nc2cc(F)c(C(=O)OC)cc21. The third-order valence-electron chi connectivity index (χ3n) is 4.16. The fourth-order valence-electron chi connectivity index (χ4n) is 2.80. The zero-order valence-electron chi connectivity index (χ0n) is 15.5. The summed E-state index contributed by atoms with van der Waals surface area (Å²) < 4.78 is 20.5. The predicted molar refractivity (Wildman–Crippen MR) is 104 cm³/mol. The summed E-state index contributed by atoms with van der Waals surface area (Å²) in [6, 6.07) is 2.50. The molecule has 1 aromatic carbocycles. The van der Waals surface area contributed by atoms with Crippen molar-refractivity contribution in [2.45, 2.75) is 20.0 Å². The molecule has 29 heavy (non-hydrogen) atoms. The van der Waals surface area contributed by atoms with Gasteiger partial charge in [-0.25, -0.2) is 24.1 Å². The molecule has 2 heterocycles. The van der Waals surface area contributed by atoms with Crippen LogP contribution in [-0.2, 0) is 17.8 Å². The van der Waals surface area contributed by atoms with Crippen LogP contribution < -0.4 is 16.8 Å². The first-order valence-electron chi connectivity index (χ1n) is 8.40. The first kappa shape index (κ1) is 20.3. The molecule has 0 unspecified atom stereocenters. The highest BCUT2D eigenvalue weighted by atomic mass is 35.5. The molecule has 10 nitrogen and oxygen atoms in total. The Balaban J connectivity index is 1.91. The second kappa shape index (κ2) is 7.87. The highest BCUT2D eigenvalue weighted by molar-refractivity contribution is 6.31. The first-order valence-corrected chi connectivity index (χ1v) is 8.78. The van der Waals surface area contributed by atoms with Crippen LogP contribution in [0.1, 0.15) is 33.6 Å². The van der Waals surface area contributed by atoms with Crippen LogP contribution in [0.3, 0.4) is 0 Å². The molecular weight excluding hydrogens is 405 g/mol. The van der Waals surface area contributed by atoms with Gasteiger partial charge < -0.3 is 26.1 Å². The van der Waals surface area contributed by atoms with Gasteiger partial charge in [0.05, 0.1) is 30.3 Å². The van der Waals surface area contributed by atoms with Gasteiger partial charge in [-0.2, -0.15) is 0 Å². The molecule has 0 spiro atoms. The van der Waals surface area contributed by atoms with E-state index in [4.69, 9.17) is 23.1 Å². The minimum absolute atomic E-state index is 0.0142. The summed E-state index contributed by atoms with van der Waals surface area (Å²) in [7, 11) is 1.17. The van der Waals surface area contributed by atoms with Crippen LogP contribution in [0.5, 0.6) is 0 Å². The van der Waals surface area contributed by atoms with Gasteiger partial charge in [-0.1, -0.05) is 11.6 Å². The van der Waals surface area contributed by atoms with Crippen molar-refractivity contribution < 1.29 is 18.7 Å². The van der Waals surface area contributed by atoms with Crippen LogP contribution in [-0.4, -0.2) is 38.5 Å². The van der Waals surface area contributed by atoms with E-state index in [1.165, 1.54) is 13.2 Å². The van der Waals surface area contributed by atoms with Gasteiger partial charge in [0.2, 0.25) is 0 Å². The molecule has 3 rings (SSSR count). The highest BCUT2D eigenvalue weighted by Crippen LogP contribution is 2.22. The van der Waals surface area contributed by atoms with E-state index in [1.807, 2.05) is 6.92 Å². The maximum Gasteiger partial charge on any atom is 0.340 e. The van der Waals surface area contributed by atoms with Gasteiger partial charge in [0, 0.05) is 12.6 Å². The molecule has 0 aliphatic rings. The summed E-state index contributed by atoms with van der Waals surface area (Å²) in [6.07, 6.45) is 0. The lowest BCUT2D eigenvalue weighted by atomic mass is 10.2. The van der Waals surface area contributed by atoms with Crippen molar-refractivity contribution in [2.75, 3.05) is 18.6 Å². The van der Waals surface area contributed by atoms with Crippen molar-refractivity contribution in [3.63, 3.8) is 0 Å². The van der Waals surface area contributed by atoms with Crippen molar-refractivity contribution in [3.8, 4) is 0 Å². The molecule has 0 bridgehead atoms. The molecule has 2 aromatic heterocycles. The molecule has 1 amide bonds. The van der Waals surface area contributed by atoms with E-state index in [-0.39, 0.29) is 34.6 Å². The van der Waals surface area contributed by atoms with E-state index in [2.05, 4.69) is 25.0 Å². The van der Waals surface area contributed by atoms with E-state index >= 15 is 0 Å². The predicted octanol–water partition coefficient (Wildman–Crippen LogP) is 1.52. The number of imidazole rings is 1. The second-order valence-electron chi connectivity index (χ2n) is 5.90. The maximum atomic E-state index is 14.2. The summed E-state index contributed by atoms with van der Waals surface area (Å²) in [6.45, 7) is 2.29. The fourth-order valence-corrected chi connectivity index (χ4v) is 2.93. The zero-order chi connectivity index (χ0) is 21.3. The number of esters is 1. The number of benzene rings is 1. The number of anilines is 2. The number of amides is 1. The minimum Gasteiger partial charge on any atom is -0.465 e. The van der Waals surface area contributed by atoms with Gasteiger partial charge in [-0.3, -0.25) is 4.79 Å². The highest BCUT2D eigenvalue weighted by Gasteiger charge is 2.20. The van der Waals surface area contributed by atoms with Crippen molar-refractivity contribution in [1.82, 2.24) is 24.8 Å². The lowest BCUT2D eigenvalue weighted by molar-refractivity contribution is 0.0595. The summed E-state index contributed by atoms with van der Waals surface area (Å²) in [5.74, 6) is -1.99. The number of rotatable bonds is 5. The Morgan fingerprint density at radius 1 is 1.24 bits per heavy atom. The van der Waals surface area contributed by atoms with Crippen LogP contribution >= 0.6 is 11.6 Å². The van der Waals surface area contributed by atoms with E-state index in [9.17, 15) is 14.0 Å². The van der Waals surface area contributed by atoms with Crippen LogP contribution in [0.2, 0.25) is 5.15 Å². The molecular formula is C17H17ClFN7O3. The topological polar surface area (TPSA) is 151 Å². The number of methoxy groups -OCH3 is 1. The van der Waals surface area contributed by atoms with Gasteiger partial charge in [0.1, 0.15) is 11.6 Å². The number of nitrogen functional groups attached to an aromatic ring is 2. The summed E-state index contributed by atoms with van der Waals surface area (Å²) >= 11 is 5.79. The monoisotopic (exact) mass is 421 g/mol.